The Bertz CT molecular complexity index is 603. The topological polar surface area (TPSA) is 98.5 Å². The summed E-state index contributed by atoms with van der Waals surface area (Å²) in [5.74, 6) is -0.571. The van der Waals surface area contributed by atoms with Crippen molar-refractivity contribution in [2.24, 2.45) is 5.73 Å². The molecule has 0 spiro atoms. The molecule has 0 radical (unpaired) electrons. The summed E-state index contributed by atoms with van der Waals surface area (Å²) >= 11 is 0. The van der Waals surface area contributed by atoms with Crippen LogP contribution in [0.25, 0.3) is 0 Å². The maximum Gasteiger partial charge on any atom is 0.338 e. The van der Waals surface area contributed by atoms with Crippen molar-refractivity contribution in [3.63, 3.8) is 0 Å². The zero-order valence-electron chi connectivity index (χ0n) is 12.1. The minimum Gasteiger partial charge on any atom is -0.465 e. The predicted molar refractivity (Wildman–Crippen MR) is 76.0 cm³/mol. The van der Waals surface area contributed by atoms with Crippen molar-refractivity contribution in [3.05, 3.63) is 29.3 Å². The Morgan fingerprint density at radius 3 is 2.50 bits per heavy atom. The molecule has 1 aromatic carbocycles. The highest BCUT2D eigenvalue weighted by Gasteiger charge is 2.23. The van der Waals surface area contributed by atoms with Crippen molar-refractivity contribution >= 4 is 16.0 Å². The molecule has 0 unspecified atom stereocenters. The van der Waals surface area contributed by atoms with Gasteiger partial charge in [0, 0.05) is 12.1 Å². The number of nitrogens with one attached hydrogen (secondary N) is 1. The number of benzene rings is 1. The molecule has 0 atom stereocenters. The summed E-state index contributed by atoms with van der Waals surface area (Å²) in [5, 5.41) is 0. The van der Waals surface area contributed by atoms with Crippen molar-refractivity contribution in [3.8, 4) is 0 Å². The maximum absolute atomic E-state index is 12.2. The van der Waals surface area contributed by atoms with E-state index in [4.69, 9.17) is 5.73 Å². The highest BCUT2D eigenvalue weighted by molar-refractivity contribution is 7.89. The zero-order valence-corrected chi connectivity index (χ0v) is 12.9. The van der Waals surface area contributed by atoms with Crippen LogP contribution in [0.5, 0.6) is 0 Å². The summed E-state index contributed by atoms with van der Waals surface area (Å²) in [6.07, 6.45) is 0. The first-order valence-corrected chi connectivity index (χ1v) is 7.53. The summed E-state index contributed by atoms with van der Waals surface area (Å²) in [6.45, 7) is 5.09. The van der Waals surface area contributed by atoms with Gasteiger partial charge in [-0.1, -0.05) is 6.07 Å². The number of carbonyl (C=O) groups is 1. The van der Waals surface area contributed by atoms with E-state index < -0.39 is 21.5 Å². The molecule has 0 saturated heterocycles. The van der Waals surface area contributed by atoms with Crippen LogP contribution in [0.1, 0.15) is 29.8 Å². The first-order chi connectivity index (χ1) is 9.08. The molecule has 1 aromatic rings. The van der Waals surface area contributed by atoms with Crippen LogP contribution < -0.4 is 10.5 Å². The first-order valence-electron chi connectivity index (χ1n) is 6.05. The van der Waals surface area contributed by atoms with E-state index in [9.17, 15) is 13.2 Å². The lowest BCUT2D eigenvalue weighted by molar-refractivity contribution is 0.0599. The van der Waals surface area contributed by atoms with Crippen LogP contribution in [-0.2, 0) is 14.8 Å². The fraction of sp³-hybridized carbons (Fsp3) is 0.462. The lowest BCUT2D eigenvalue weighted by atomic mass is 10.1. The summed E-state index contributed by atoms with van der Waals surface area (Å²) in [4.78, 5) is 11.6. The molecule has 20 heavy (non-hydrogen) atoms. The highest BCUT2D eigenvalue weighted by atomic mass is 32.2. The molecule has 6 nitrogen and oxygen atoms in total. The Morgan fingerprint density at radius 2 is 2.00 bits per heavy atom. The van der Waals surface area contributed by atoms with Gasteiger partial charge in [0.2, 0.25) is 10.0 Å². The van der Waals surface area contributed by atoms with Crippen LogP contribution in [-0.4, -0.2) is 33.6 Å². The molecule has 0 aromatic heterocycles. The summed E-state index contributed by atoms with van der Waals surface area (Å²) in [6, 6.07) is 4.46. The van der Waals surface area contributed by atoms with Gasteiger partial charge in [-0.05, 0) is 38.5 Å². The van der Waals surface area contributed by atoms with Gasteiger partial charge < -0.3 is 10.5 Å². The number of nitrogens with two attached hydrogens (primary N) is 1. The quantitative estimate of drug-likeness (QED) is 0.784. The first kappa shape index (κ1) is 16.6. The second-order valence-corrected chi connectivity index (χ2v) is 6.97. The van der Waals surface area contributed by atoms with Gasteiger partial charge in [-0.2, -0.15) is 0 Å². The zero-order chi connectivity index (χ0) is 15.6. The van der Waals surface area contributed by atoms with Crippen LogP contribution in [0.15, 0.2) is 23.1 Å². The molecule has 0 aliphatic rings. The Labute approximate surface area is 119 Å². The third-order valence-corrected chi connectivity index (χ3v) is 4.24. The number of rotatable bonds is 5. The molecule has 1 rings (SSSR count). The number of hydrogen-bond donors (Lipinski definition) is 2. The summed E-state index contributed by atoms with van der Waals surface area (Å²) < 4.78 is 31.5. The van der Waals surface area contributed by atoms with Crippen LogP contribution in [0.3, 0.4) is 0 Å². The average Bonchev–Trinajstić information content (AvgIpc) is 2.35. The Hall–Kier alpha value is -1.44. The van der Waals surface area contributed by atoms with E-state index in [-0.39, 0.29) is 17.0 Å². The standard InChI is InChI=1S/C13H20N2O4S/c1-9-10(12(16)19-4)6-5-7-11(9)20(17,18)15-8-13(2,3)14/h5-7,15H,8,14H2,1-4H3. The van der Waals surface area contributed by atoms with Gasteiger partial charge in [0.05, 0.1) is 17.6 Å². The third kappa shape index (κ3) is 4.03. The number of carbonyl (C=O) groups excluding carboxylic acids is 1. The number of sulfonamides is 1. The van der Waals surface area contributed by atoms with E-state index >= 15 is 0 Å². The van der Waals surface area contributed by atoms with Crippen molar-refractivity contribution in [2.75, 3.05) is 13.7 Å². The summed E-state index contributed by atoms with van der Waals surface area (Å²) in [5.41, 5.74) is 5.66. The molecule has 0 aliphatic heterocycles. The lowest BCUT2D eigenvalue weighted by Crippen LogP contribution is -2.45. The molecule has 0 aliphatic carbocycles. The molecule has 0 amide bonds. The average molecular weight is 300 g/mol. The second-order valence-electron chi connectivity index (χ2n) is 5.23. The predicted octanol–water partition coefficient (Wildman–Crippen LogP) is 0.797. The number of hydrogen-bond acceptors (Lipinski definition) is 5. The summed E-state index contributed by atoms with van der Waals surface area (Å²) in [7, 11) is -2.48. The molecule has 0 fully saturated rings. The van der Waals surface area contributed by atoms with Crippen LogP contribution in [0.4, 0.5) is 0 Å². The molecule has 3 N–H and O–H groups in total. The highest BCUT2D eigenvalue weighted by Crippen LogP contribution is 2.19. The van der Waals surface area contributed by atoms with Crippen molar-refractivity contribution in [1.82, 2.24) is 4.72 Å². The molecular weight excluding hydrogens is 280 g/mol. The van der Waals surface area contributed by atoms with E-state index in [1.54, 1.807) is 20.8 Å². The molecule has 112 valence electrons. The molecule has 0 bridgehead atoms. The number of esters is 1. The Kier molecular flexibility index (Phi) is 4.90. The maximum atomic E-state index is 12.2. The Balaban J connectivity index is 3.17. The SMILES string of the molecule is COC(=O)c1cccc(S(=O)(=O)NCC(C)(C)N)c1C. The Morgan fingerprint density at radius 1 is 1.40 bits per heavy atom. The van der Waals surface area contributed by atoms with E-state index in [1.807, 2.05) is 0 Å². The minimum absolute atomic E-state index is 0.0460. The van der Waals surface area contributed by atoms with Gasteiger partial charge >= 0.3 is 5.97 Å². The van der Waals surface area contributed by atoms with E-state index in [0.29, 0.717) is 5.56 Å². The van der Waals surface area contributed by atoms with Gasteiger partial charge in [0.15, 0.2) is 0 Å². The van der Waals surface area contributed by atoms with Crippen molar-refractivity contribution in [2.45, 2.75) is 31.2 Å². The fourth-order valence-electron chi connectivity index (χ4n) is 1.60. The van der Waals surface area contributed by atoms with Crippen LogP contribution in [0, 0.1) is 6.92 Å². The fourth-order valence-corrected chi connectivity index (χ4v) is 3.08. The lowest BCUT2D eigenvalue weighted by Gasteiger charge is -2.19. The van der Waals surface area contributed by atoms with Gasteiger partial charge in [0.1, 0.15) is 0 Å². The van der Waals surface area contributed by atoms with Gasteiger partial charge in [-0.15, -0.1) is 0 Å². The molecule has 0 heterocycles. The van der Waals surface area contributed by atoms with E-state index in [1.165, 1.54) is 25.3 Å². The smallest absolute Gasteiger partial charge is 0.338 e. The number of ether oxygens (including phenoxy) is 1. The molecular formula is C13H20N2O4S. The number of methoxy groups -OCH3 is 1. The third-order valence-electron chi connectivity index (χ3n) is 2.70. The monoisotopic (exact) mass is 300 g/mol. The van der Waals surface area contributed by atoms with Gasteiger partial charge in [-0.3, -0.25) is 0 Å². The second kappa shape index (κ2) is 5.90. The largest absolute Gasteiger partial charge is 0.465 e. The van der Waals surface area contributed by atoms with Crippen LogP contribution in [0.2, 0.25) is 0 Å². The van der Waals surface area contributed by atoms with Crippen molar-refractivity contribution < 1.29 is 17.9 Å². The van der Waals surface area contributed by atoms with Crippen molar-refractivity contribution in [1.29, 1.82) is 0 Å². The van der Waals surface area contributed by atoms with Gasteiger partial charge in [0.25, 0.3) is 0 Å². The molecule has 0 saturated carbocycles. The van der Waals surface area contributed by atoms with Crippen LogP contribution >= 0.6 is 0 Å². The minimum atomic E-state index is -3.73. The van der Waals surface area contributed by atoms with Gasteiger partial charge in [-0.25, -0.2) is 17.9 Å². The molecule has 7 heteroatoms. The van der Waals surface area contributed by atoms with E-state index in [2.05, 4.69) is 9.46 Å². The van der Waals surface area contributed by atoms with E-state index in [0.717, 1.165) is 0 Å². The normalized spacial score (nSPS) is 12.2.